The number of azide groups is 1. The van der Waals surface area contributed by atoms with Gasteiger partial charge in [-0.3, -0.25) is 9.59 Å². The Balaban J connectivity index is 2.88. The summed E-state index contributed by atoms with van der Waals surface area (Å²) in [5, 5.41) is 8.06. The molecule has 0 saturated carbocycles. The van der Waals surface area contributed by atoms with E-state index in [9.17, 15) is 14.4 Å². The number of ether oxygens (including phenoxy) is 1. The largest absolute Gasteiger partial charge is 0.464 e. The lowest BCUT2D eigenvalue weighted by atomic mass is 9.95. The lowest BCUT2D eigenvalue weighted by Crippen LogP contribution is -2.46. The predicted octanol–water partition coefficient (Wildman–Crippen LogP) is 3.37. The molecule has 0 aromatic carbocycles. The van der Waals surface area contributed by atoms with Crippen LogP contribution in [0, 0.1) is 11.8 Å². The number of hydrogen-bond acceptors (Lipinski definition) is 7. The molecule has 0 aliphatic rings. The van der Waals surface area contributed by atoms with E-state index in [0.29, 0.717) is 6.42 Å². The van der Waals surface area contributed by atoms with Crippen molar-refractivity contribution in [1.29, 1.82) is 0 Å². The second kappa shape index (κ2) is 10.6. The Morgan fingerprint density at radius 1 is 1.37 bits per heavy atom. The lowest BCUT2D eigenvalue weighted by Gasteiger charge is -2.25. The zero-order valence-corrected chi connectivity index (χ0v) is 16.9. The quantitative estimate of drug-likeness (QED) is 0.213. The molecule has 1 heterocycles. The van der Waals surface area contributed by atoms with Crippen LogP contribution in [-0.4, -0.2) is 41.8 Å². The van der Waals surface area contributed by atoms with Crippen molar-refractivity contribution < 1.29 is 19.1 Å². The Morgan fingerprint density at radius 3 is 2.56 bits per heavy atom. The first-order valence-corrected chi connectivity index (χ1v) is 9.54. The minimum atomic E-state index is -0.831. The molecule has 0 aliphatic carbocycles. The minimum absolute atomic E-state index is 0.0263. The van der Waals surface area contributed by atoms with Gasteiger partial charge in [0, 0.05) is 22.8 Å². The standard InChI is InChI=1S/C17H25N5O4S/c1-6-10(4)14(21-22-18)15(24)19-11(9(2)3)7-13(23)16-20-12(8-27-16)17(25)26-5/h8-11,14H,6-7H2,1-5H3,(H,19,24)/t10?,11-,14+/m1/s1. The monoisotopic (exact) mass is 395 g/mol. The SMILES string of the molecule is CCC(C)[C@H](N=[N+]=[N-])C(=O)N[C@H](CC(=O)c1nc(C(=O)OC)cs1)C(C)C. The molecule has 1 aromatic heterocycles. The molecule has 1 N–H and O–H groups in total. The van der Waals surface area contributed by atoms with Crippen molar-refractivity contribution in [1.82, 2.24) is 10.3 Å². The second-order valence-corrected chi connectivity index (χ2v) is 7.41. The number of carbonyl (C=O) groups excluding carboxylic acids is 3. The molecule has 0 saturated heterocycles. The molecule has 1 amide bonds. The minimum Gasteiger partial charge on any atom is -0.464 e. The summed E-state index contributed by atoms with van der Waals surface area (Å²) in [7, 11) is 1.24. The third-order valence-electron chi connectivity index (χ3n) is 4.30. The van der Waals surface area contributed by atoms with Crippen LogP contribution in [0.15, 0.2) is 10.5 Å². The molecular weight excluding hydrogens is 370 g/mol. The normalized spacial score (nSPS) is 14.0. The molecule has 9 nitrogen and oxygen atoms in total. The van der Waals surface area contributed by atoms with Crippen LogP contribution in [0.3, 0.4) is 0 Å². The van der Waals surface area contributed by atoms with Gasteiger partial charge in [-0.05, 0) is 17.4 Å². The van der Waals surface area contributed by atoms with Crippen LogP contribution < -0.4 is 5.32 Å². The Bertz CT molecular complexity index is 727. The topological polar surface area (TPSA) is 134 Å². The van der Waals surface area contributed by atoms with Gasteiger partial charge in [0.2, 0.25) is 5.91 Å². The molecule has 0 radical (unpaired) electrons. The molecule has 1 unspecified atom stereocenters. The zero-order chi connectivity index (χ0) is 20.6. The number of Topliss-reactive ketones (excluding diaryl/α,β-unsaturated/α-hetero) is 1. The van der Waals surface area contributed by atoms with Gasteiger partial charge < -0.3 is 10.1 Å². The highest BCUT2D eigenvalue weighted by atomic mass is 32.1. The summed E-state index contributed by atoms with van der Waals surface area (Å²) >= 11 is 1.06. The summed E-state index contributed by atoms with van der Waals surface area (Å²) in [4.78, 5) is 43.3. The van der Waals surface area contributed by atoms with Crippen LogP contribution in [0.4, 0.5) is 0 Å². The van der Waals surface area contributed by atoms with Gasteiger partial charge in [-0.15, -0.1) is 11.3 Å². The number of rotatable bonds is 10. The number of aromatic nitrogens is 1. The molecule has 27 heavy (non-hydrogen) atoms. The average Bonchev–Trinajstić information content (AvgIpc) is 3.14. The molecule has 0 aliphatic heterocycles. The molecule has 10 heteroatoms. The highest BCUT2D eigenvalue weighted by Crippen LogP contribution is 2.18. The summed E-state index contributed by atoms with van der Waals surface area (Å²) in [6, 6.07) is -1.28. The fourth-order valence-corrected chi connectivity index (χ4v) is 3.05. The first-order valence-electron chi connectivity index (χ1n) is 8.66. The maximum atomic E-state index is 12.5. The molecule has 3 atom stereocenters. The van der Waals surface area contributed by atoms with Gasteiger partial charge in [-0.2, -0.15) is 0 Å². The Labute approximate surface area is 162 Å². The van der Waals surface area contributed by atoms with Crippen molar-refractivity contribution >= 4 is 29.0 Å². The van der Waals surface area contributed by atoms with Gasteiger partial charge >= 0.3 is 5.97 Å². The van der Waals surface area contributed by atoms with Gasteiger partial charge in [0.05, 0.1) is 7.11 Å². The second-order valence-electron chi connectivity index (χ2n) is 6.55. The molecule has 1 rings (SSSR count). The number of ketones is 1. The van der Waals surface area contributed by atoms with Crippen LogP contribution in [0.2, 0.25) is 0 Å². The molecule has 0 bridgehead atoms. The Kier molecular flexibility index (Phi) is 8.90. The van der Waals surface area contributed by atoms with Gasteiger partial charge in [-0.1, -0.05) is 39.2 Å². The maximum Gasteiger partial charge on any atom is 0.357 e. The van der Waals surface area contributed by atoms with E-state index in [1.165, 1.54) is 12.5 Å². The van der Waals surface area contributed by atoms with E-state index in [1.807, 2.05) is 27.7 Å². The highest BCUT2D eigenvalue weighted by molar-refractivity contribution is 7.11. The van der Waals surface area contributed by atoms with Crippen LogP contribution in [0.25, 0.3) is 10.4 Å². The fourth-order valence-electron chi connectivity index (χ4n) is 2.31. The van der Waals surface area contributed by atoms with Gasteiger partial charge in [-0.25, -0.2) is 9.78 Å². The molecule has 1 aromatic rings. The van der Waals surface area contributed by atoms with Crippen molar-refractivity contribution in [2.24, 2.45) is 17.0 Å². The third-order valence-corrected chi connectivity index (χ3v) is 5.19. The van der Waals surface area contributed by atoms with E-state index in [0.717, 1.165) is 11.3 Å². The number of methoxy groups -OCH3 is 1. The van der Waals surface area contributed by atoms with E-state index >= 15 is 0 Å². The van der Waals surface area contributed by atoms with Crippen LogP contribution in [0.1, 0.15) is 60.8 Å². The van der Waals surface area contributed by atoms with Crippen LogP contribution in [-0.2, 0) is 9.53 Å². The predicted molar refractivity (Wildman–Crippen MR) is 102 cm³/mol. The number of hydrogen-bond donors (Lipinski definition) is 1. The van der Waals surface area contributed by atoms with E-state index in [-0.39, 0.29) is 34.7 Å². The van der Waals surface area contributed by atoms with Crippen LogP contribution >= 0.6 is 11.3 Å². The van der Waals surface area contributed by atoms with Crippen molar-refractivity contribution in [2.45, 2.75) is 52.6 Å². The first-order chi connectivity index (χ1) is 12.7. The first kappa shape index (κ1) is 22.6. The zero-order valence-electron chi connectivity index (χ0n) is 16.1. The van der Waals surface area contributed by atoms with E-state index in [1.54, 1.807) is 0 Å². The van der Waals surface area contributed by atoms with Crippen molar-refractivity contribution in [2.75, 3.05) is 7.11 Å². The number of thiazole rings is 1. The molecule has 0 spiro atoms. The summed E-state index contributed by atoms with van der Waals surface area (Å²) < 4.78 is 4.58. The average molecular weight is 395 g/mol. The number of nitrogens with zero attached hydrogens (tertiary/aromatic N) is 4. The smallest absolute Gasteiger partial charge is 0.357 e. The van der Waals surface area contributed by atoms with Gasteiger partial charge in [0.25, 0.3) is 0 Å². The van der Waals surface area contributed by atoms with Crippen molar-refractivity contribution in [3.8, 4) is 0 Å². The lowest BCUT2D eigenvalue weighted by molar-refractivity contribution is -0.124. The number of amides is 1. The van der Waals surface area contributed by atoms with E-state index < -0.39 is 24.0 Å². The van der Waals surface area contributed by atoms with Crippen LogP contribution in [0.5, 0.6) is 0 Å². The Hall–Kier alpha value is -2.45. The highest BCUT2D eigenvalue weighted by Gasteiger charge is 2.28. The van der Waals surface area contributed by atoms with Gasteiger partial charge in [0.15, 0.2) is 16.5 Å². The number of nitrogens with one attached hydrogen (secondary N) is 1. The molecule has 0 fully saturated rings. The fraction of sp³-hybridized carbons (Fsp3) is 0.647. The third kappa shape index (κ3) is 6.33. The summed E-state index contributed by atoms with van der Waals surface area (Å²) in [6.45, 7) is 7.50. The van der Waals surface area contributed by atoms with E-state index in [2.05, 4.69) is 25.1 Å². The van der Waals surface area contributed by atoms with Crippen molar-refractivity contribution in [3.05, 3.63) is 26.5 Å². The summed E-state index contributed by atoms with van der Waals surface area (Å²) in [5.74, 6) is -1.43. The van der Waals surface area contributed by atoms with Gasteiger partial charge in [0.1, 0.15) is 6.04 Å². The maximum absolute atomic E-state index is 12.5. The number of esters is 1. The number of carbonyl (C=O) groups is 3. The Morgan fingerprint density at radius 2 is 2.04 bits per heavy atom. The summed E-state index contributed by atoms with van der Waals surface area (Å²) in [5.41, 5.74) is 8.79. The van der Waals surface area contributed by atoms with E-state index in [4.69, 9.17) is 5.53 Å². The molecular formula is C17H25N5O4S. The summed E-state index contributed by atoms with van der Waals surface area (Å²) in [6.07, 6.45) is 0.707. The van der Waals surface area contributed by atoms with Crippen molar-refractivity contribution in [3.63, 3.8) is 0 Å². The molecule has 148 valence electrons.